The van der Waals surface area contributed by atoms with E-state index in [-0.39, 0.29) is 0 Å². The predicted octanol–water partition coefficient (Wildman–Crippen LogP) is 6.15. The molecule has 0 radical (unpaired) electrons. The van der Waals surface area contributed by atoms with Crippen molar-refractivity contribution in [2.24, 2.45) is 5.16 Å². The SMILES string of the molecule is COc1ccc(SON=CCCCCCOc2ccc3c(c2)C(C)(C)OC(=O)N3)cc1OC. The number of anilines is 1. The number of fused-ring (bicyclic) bond motifs is 1. The van der Waals surface area contributed by atoms with Crippen molar-refractivity contribution in [3.8, 4) is 17.2 Å². The molecule has 0 unspecified atom stereocenters. The second kappa shape index (κ2) is 11.7. The number of cyclic esters (lactones) is 1. The summed E-state index contributed by atoms with van der Waals surface area (Å²) in [7, 11) is 3.20. The topological polar surface area (TPSA) is 87.6 Å². The largest absolute Gasteiger partial charge is 0.494 e. The number of nitrogens with one attached hydrogen (secondary N) is 1. The average Bonchev–Trinajstić information content (AvgIpc) is 2.79. The van der Waals surface area contributed by atoms with Crippen LogP contribution in [0.3, 0.4) is 0 Å². The summed E-state index contributed by atoms with van der Waals surface area (Å²) in [5, 5.41) is 6.70. The van der Waals surface area contributed by atoms with Crippen LogP contribution in [0.5, 0.6) is 17.2 Å². The smallest absolute Gasteiger partial charge is 0.412 e. The molecule has 3 rings (SSSR count). The van der Waals surface area contributed by atoms with Gasteiger partial charge in [-0.2, -0.15) is 0 Å². The third-order valence-electron chi connectivity index (χ3n) is 5.08. The van der Waals surface area contributed by atoms with Crippen molar-refractivity contribution < 1.29 is 28.0 Å². The molecule has 0 saturated carbocycles. The monoisotopic (exact) mass is 474 g/mol. The van der Waals surface area contributed by atoms with Crippen molar-refractivity contribution in [3.63, 3.8) is 0 Å². The van der Waals surface area contributed by atoms with Gasteiger partial charge in [0, 0.05) is 17.8 Å². The number of nitrogens with zero attached hydrogens (tertiary/aromatic N) is 1. The van der Waals surface area contributed by atoms with Gasteiger partial charge >= 0.3 is 6.09 Å². The summed E-state index contributed by atoms with van der Waals surface area (Å²) in [6.45, 7) is 4.35. The summed E-state index contributed by atoms with van der Waals surface area (Å²) in [6.07, 6.45) is 5.11. The van der Waals surface area contributed by atoms with E-state index in [0.29, 0.717) is 18.1 Å². The van der Waals surface area contributed by atoms with E-state index >= 15 is 0 Å². The molecule has 0 spiro atoms. The standard InChI is InChI=1S/C24H30N2O6S/c1-24(2)19-15-17(9-11-20(19)26-23(27)31-24)30-14-8-6-5-7-13-25-32-33-18-10-12-21(28-3)22(16-18)29-4/h9-13,15-16H,5-8,14H2,1-4H3,(H,26,27). The maximum Gasteiger partial charge on any atom is 0.412 e. The zero-order chi connectivity index (χ0) is 23.7. The van der Waals surface area contributed by atoms with Gasteiger partial charge in [-0.05, 0) is 69.9 Å². The molecule has 33 heavy (non-hydrogen) atoms. The minimum Gasteiger partial charge on any atom is -0.494 e. The molecule has 0 fully saturated rings. The zero-order valence-corrected chi connectivity index (χ0v) is 20.2. The number of methoxy groups -OCH3 is 2. The Balaban J connectivity index is 1.30. The fourth-order valence-corrected chi connectivity index (χ4v) is 3.83. The van der Waals surface area contributed by atoms with Gasteiger partial charge in [0.1, 0.15) is 23.4 Å². The van der Waals surface area contributed by atoms with Gasteiger partial charge in [-0.25, -0.2) is 4.79 Å². The minimum absolute atomic E-state index is 0.435. The number of hydrogen-bond donors (Lipinski definition) is 1. The van der Waals surface area contributed by atoms with Crippen molar-refractivity contribution in [1.82, 2.24) is 0 Å². The Labute approximate surface area is 198 Å². The van der Waals surface area contributed by atoms with E-state index in [4.69, 9.17) is 23.2 Å². The number of carbonyl (C=O) groups is 1. The van der Waals surface area contributed by atoms with E-state index in [1.807, 2.05) is 50.2 Å². The summed E-state index contributed by atoms with van der Waals surface area (Å²) in [4.78, 5) is 12.5. The normalized spacial score (nSPS) is 14.2. The number of ether oxygens (including phenoxy) is 4. The van der Waals surface area contributed by atoms with Crippen LogP contribution in [0.25, 0.3) is 0 Å². The molecular weight excluding hydrogens is 444 g/mol. The molecule has 0 bridgehead atoms. The Morgan fingerprint density at radius 1 is 1.06 bits per heavy atom. The molecule has 0 aliphatic carbocycles. The van der Waals surface area contributed by atoms with Gasteiger partial charge in [-0.1, -0.05) is 5.16 Å². The molecule has 1 N–H and O–H groups in total. The summed E-state index contributed by atoms with van der Waals surface area (Å²) < 4.78 is 27.0. The third kappa shape index (κ3) is 6.95. The highest BCUT2D eigenvalue weighted by molar-refractivity contribution is 7.94. The number of amides is 1. The van der Waals surface area contributed by atoms with Crippen molar-refractivity contribution in [2.45, 2.75) is 50.0 Å². The summed E-state index contributed by atoms with van der Waals surface area (Å²) in [6, 6.07) is 11.2. The predicted molar refractivity (Wildman–Crippen MR) is 129 cm³/mol. The van der Waals surface area contributed by atoms with E-state index in [2.05, 4.69) is 10.5 Å². The Hall–Kier alpha value is -3.07. The molecule has 2 aromatic carbocycles. The number of carbonyl (C=O) groups excluding carboxylic acids is 1. The van der Waals surface area contributed by atoms with Crippen LogP contribution in [0.1, 0.15) is 45.1 Å². The Kier molecular flexibility index (Phi) is 8.71. The van der Waals surface area contributed by atoms with Gasteiger partial charge in [0.05, 0.1) is 31.4 Å². The maximum atomic E-state index is 11.6. The summed E-state index contributed by atoms with van der Waals surface area (Å²) in [5.41, 5.74) is 0.979. The highest BCUT2D eigenvalue weighted by Gasteiger charge is 2.33. The molecule has 8 nitrogen and oxygen atoms in total. The molecular formula is C24H30N2O6S. The Bertz CT molecular complexity index is 979. The van der Waals surface area contributed by atoms with Crippen LogP contribution in [0.15, 0.2) is 46.4 Å². The van der Waals surface area contributed by atoms with Crippen LogP contribution >= 0.6 is 12.0 Å². The van der Waals surface area contributed by atoms with Crippen molar-refractivity contribution >= 4 is 30.0 Å². The first-order chi connectivity index (χ1) is 15.9. The first-order valence-electron chi connectivity index (χ1n) is 10.8. The number of hydrogen-bond acceptors (Lipinski definition) is 8. The first-order valence-corrected chi connectivity index (χ1v) is 11.5. The van der Waals surface area contributed by atoms with E-state index < -0.39 is 11.7 Å². The number of oxime groups is 1. The molecule has 0 atom stereocenters. The molecule has 9 heteroatoms. The molecule has 0 aromatic heterocycles. The Morgan fingerprint density at radius 3 is 2.67 bits per heavy atom. The molecule has 1 amide bonds. The highest BCUT2D eigenvalue weighted by Crippen LogP contribution is 2.37. The number of unbranched alkanes of at least 4 members (excludes halogenated alkanes) is 3. The van der Waals surface area contributed by atoms with Gasteiger partial charge in [0.15, 0.2) is 11.5 Å². The quantitative estimate of drug-likeness (QED) is 0.171. The van der Waals surface area contributed by atoms with Gasteiger partial charge < -0.3 is 23.2 Å². The van der Waals surface area contributed by atoms with E-state index in [1.54, 1.807) is 20.4 Å². The van der Waals surface area contributed by atoms with Crippen molar-refractivity contribution in [2.75, 3.05) is 26.1 Å². The van der Waals surface area contributed by atoms with Crippen LogP contribution in [0.4, 0.5) is 10.5 Å². The lowest BCUT2D eigenvalue weighted by Crippen LogP contribution is -2.34. The van der Waals surface area contributed by atoms with Crippen LogP contribution in [0, 0.1) is 0 Å². The zero-order valence-electron chi connectivity index (χ0n) is 19.4. The molecule has 178 valence electrons. The van der Waals surface area contributed by atoms with Crippen LogP contribution < -0.4 is 19.5 Å². The molecule has 2 aromatic rings. The first kappa shape index (κ1) is 24.6. The van der Waals surface area contributed by atoms with E-state index in [9.17, 15) is 4.79 Å². The van der Waals surface area contributed by atoms with E-state index in [0.717, 1.165) is 59.6 Å². The second-order valence-electron chi connectivity index (χ2n) is 7.89. The van der Waals surface area contributed by atoms with Crippen LogP contribution in [0.2, 0.25) is 0 Å². The van der Waals surface area contributed by atoms with Crippen LogP contribution in [-0.2, 0) is 14.6 Å². The lowest BCUT2D eigenvalue weighted by molar-refractivity contribution is 0.0418. The Morgan fingerprint density at radius 2 is 1.88 bits per heavy atom. The molecule has 0 saturated heterocycles. The van der Waals surface area contributed by atoms with Crippen LogP contribution in [-0.4, -0.2) is 33.1 Å². The van der Waals surface area contributed by atoms with Gasteiger partial charge in [0.2, 0.25) is 0 Å². The van der Waals surface area contributed by atoms with Crippen molar-refractivity contribution in [1.29, 1.82) is 0 Å². The lowest BCUT2D eigenvalue weighted by Gasteiger charge is -2.32. The molecule has 1 aliphatic heterocycles. The minimum atomic E-state index is -0.684. The van der Waals surface area contributed by atoms with Crippen molar-refractivity contribution in [3.05, 3.63) is 42.0 Å². The third-order valence-corrected chi connectivity index (χ3v) is 5.68. The summed E-state index contributed by atoms with van der Waals surface area (Å²) in [5.74, 6) is 2.09. The molecule has 1 aliphatic rings. The number of benzene rings is 2. The fraction of sp³-hybridized carbons (Fsp3) is 0.417. The van der Waals surface area contributed by atoms with Gasteiger partial charge in [-0.15, -0.1) is 0 Å². The highest BCUT2D eigenvalue weighted by atomic mass is 32.2. The lowest BCUT2D eigenvalue weighted by atomic mass is 9.94. The second-order valence-corrected chi connectivity index (χ2v) is 8.68. The van der Waals surface area contributed by atoms with E-state index in [1.165, 1.54) is 0 Å². The molecule has 1 heterocycles. The number of rotatable bonds is 12. The fourth-order valence-electron chi connectivity index (χ4n) is 3.36. The summed E-state index contributed by atoms with van der Waals surface area (Å²) >= 11 is 1.16. The maximum absolute atomic E-state index is 11.6. The van der Waals surface area contributed by atoms with Gasteiger partial charge in [0.25, 0.3) is 0 Å². The average molecular weight is 475 g/mol. The van der Waals surface area contributed by atoms with Gasteiger partial charge in [-0.3, -0.25) is 5.32 Å².